The predicted molar refractivity (Wildman–Crippen MR) is 71.4 cm³/mol. The number of Topliss-reactive ketones (excluding diaryl/α,β-unsaturated/α-hetero) is 1. The zero-order valence-corrected chi connectivity index (χ0v) is 11.2. The van der Waals surface area contributed by atoms with Crippen LogP contribution in [0.4, 0.5) is 0 Å². The van der Waals surface area contributed by atoms with Crippen LogP contribution in [0.1, 0.15) is 37.9 Å². The molecule has 1 aromatic rings. The molecule has 1 atom stereocenters. The SMILES string of the molecule is Cn1ccnc1CCC(=O)CCC1CCCNC1. The summed E-state index contributed by atoms with van der Waals surface area (Å²) in [6.45, 7) is 2.23. The Morgan fingerprint density at radius 3 is 3.11 bits per heavy atom. The van der Waals surface area contributed by atoms with Gasteiger partial charge in [-0.2, -0.15) is 0 Å². The molecular weight excluding hydrogens is 226 g/mol. The Bertz CT molecular complexity index is 380. The molecule has 0 spiro atoms. The van der Waals surface area contributed by atoms with Crippen LogP contribution in [0.15, 0.2) is 12.4 Å². The second-order valence-electron chi connectivity index (χ2n) is 5.24. The molecule has 2 heterocycles. The Balaban J connectivity index is 1.64. The zero-order valence-electron chi connectivity index (χ0n) is 11.2. The quantitative estimate of drug-likeness (QED) is 0.834. The third-order valence-corrected chi connectivity index (χ3v) is 3.78. The molecule has 2 rings (SSSR count). The molecule has 1 fully saturated rings. The maximum Gasteiger partial charge on any atom is 0.133 e. The summed E-state index contributed by atoms with van der Waals surface area (Å²) in [4.78, 5) is 16.1. The maximum absolute atomic E-state index is 11.8. The van der Waals surface area contributed by atoms with Gasteiger partial charge in [0, 0.05) is 38.7 Å². The first-order valence-corrected chi connectivity index (χ1v) is 6.94. The number of rotatable bonds is 6. The van der Waals surface area contributed by atoms with Gasteiger partial charge in [-0.25, -0.2) is 4.98 Å². The lowest BCUT2D eigenvalue weighted by molar-refractivity contribution is -0.119. The molecule has 0 bridgehead atoms. The van der Waals surface area contributed by atoms with E-state index in [0.717, 1.165) is 38.2 Å². The van der Waals surface area contributed by atoms with E-state index in [9.17, 15) is 4.79 Å². The van der Waals surface area contributed by atoms with Gasteiger partial charge in [0.25, 0.3) is 0 Å². The fraction of sp³-hybridized carbons (Fsp3) is 0.714. The highest BCUT2D eigenvalue weighted by Gasteiger charge is 2.14. The number of hydrogen-bond donors (Lipinski definition) is 1. The highest BCUT2D eigenvalue weighted by molar-refractivity contribution is 5.78. The van der Waals surface area contributed by atoms with Crippen molar-refractivity contribution >= 4 is 5.78 Å². The average Bonchev–Trinajstić information content (AvgIpc) is 2.81. The van der Waals surface area contributed by atoms with E-state index in [0.29, 0.717) is 18.1 Å². The molecule has 0 saturated carbocycles. The lowest BCUT2D eigenvalue weighted by atomic mass is 9.93. The van der Waals surface area contributed by atoms with Crippen LogP contribution in [-0.2, 0) is 18.3 Å². The third-order valence-electron chi connectivity index (χ3n) is 3.78. The van der Waals surface area contributed by atoms with Crippen molar-refractivity contribution in [2.75, 3.05) is 13.1 Å². The molecule has 1 aliphatic heterocycles. The summed E-state index contributed by atoms with van der Waals surface area (Å²) in [5, 5.41) is 3.40. The zero-order chi connectivity index (χ0) is 12.8. The average molecular weight is 249 g/mol. The Labute approximate surface area is 109 Å². The topological polar surface area (TPSA) is 46.9 Å². The molecule has 18 heavy (non-hydrogen) atoms. The Hall–Kier alpha value is -1.16. The van der Waals surface area contributed by atoms with Gasteiger partial charge in [-0.15, -0.1) is 0 Å². The molecule has 1 aromatic heterocycles. The molecule has 0 radical (unpaired) electrons. The largest absolute Gasteiger partial charge is 0.338 e. The minimum Gasteiger partial charge on any atom is -0.338 e. The van der Waals surface area contributed by atoms with Crippen molar-refractivity contribution < 1.29 is 4.79 Å². The number of nitrogens with zero attached hydrogens (tertiary/aromatic N) is 2. The summed E-state index contributed by atoms with van der Waals surface area (Å²) in [5.41, 5.74) is 0. The van der Waals surface area contributed by atoms with Crippen LogP contribution in [0.5, 0.6) is 0 Å². The monoisotopic (exact) mass is 249 g/mol. The number of piperidine rings is 1. The number of carbonyl (C=O) groups is 1. The van der Waals surface area contributed by atoms with Crippen molar-refractivity contribution in [1.82, 2.24) is 14.9 Å². The van der Waals surface area contributed by atoms with Crippen LogP contribution in [0.3, 0.4) is 0 Å². The van der Waals surface area contributed by atoms with Gasteiger partial charge in [0.15, 0.2) is 0 Å². The van der Waals surface area contributed by atoms with Crippen LogP contribution in [0.2, 0.25) is 0 Å². The number of aromatic nitrogens is 2. The fourth-order valence-corrected chi connectivity index (χ4v) is 2.55. The van der Waals surface area contributed by atoms with Crippen molar-refractivity contribution in [1.29, 1.82) is 0 Å². The molecule has 1 saturated heterocycles. The van der Waals surface area contributed by atoms with Crippen LogP contribution in [0, 0.1) is 5.92 Å². The van der Waals surface area contributed by atoms with Crippen molar-refractivity contribution in [2.45, 2.75) is 38.5 Å². The van der Waals surface area contributed by atoms with E-state index < -0.39 is 0 Å². The van der Waals surface area contributed by atoms with Crippen LogP contribution < -0.4 is 5.32 Å². The summed E-state index contributed by atoms with van der Waals surface area (Å²) >= 11 is 0. The standard InChI is InChI=1S/C14H23N3O/c1-17-10-9-16-14(17)7-6-13(18)5-4-12-3-2-8-15-11-12/h9-10,12,15H,2-8,11H2,1H3. The molecule has 1 N–H and O–H groups in total. The summed E-state index contributed by atoms with van der Waals surface area (Å²) < 4.78 is 1.98. The van der Waals surface area contributed by atoms with Crippen LogP contribution in [0.25, 0.3) is 0 Å². The number of ketones is 1. The summed E-state index contributed by atoms with van der Waals surface area (Å²) in [6, 6.07) is 0. The number of hydrogen-bond acceptors (Lipinski definition) is 3. The van der Waals surface area contributed by atoms with Gasteiger partial charge in [-0.05, 0) is 38.3 Å². The normalized spacial score (nSPS) is 19.9. The molecule has 4 nitrogen and oxygen atoms in total. The van der Waals surface area contributed by atoms with Crippen molar-refractivity contribution in [3.05, 3.63) is 18.2 Å². The summed E-state index contributed by atoms with van der Waals surface area (Å²) in [7, 11) is 1.97. The molecule has 0 aliphatic carbocycles. The first-order chi connectivity index (χ1) is 8.75. The minimum absolute atomic E-state index is 0.378. The molecule has 0 amide bonds. The highest BCUT2D eigenvalue weighted by atomic mass is 16.1. The third kappa shape index (κ3) is 3.95. The van der Waals surface area contributed by atoms with E-state index >= 15 is 0 Å². The van der Waals surface area contributed by atoms with Gasteiger partial charge in [0.2, 0.25) is 0 Å². The van der Waals surface area contributed by atoms with Gasteiger partial charge < -0.3 is 9.88 Å². The number of carbonyl (C=O) groups excluding carboxylic acids is 1. The predicted octanol–water partition coefficient (Wildman–Crippen LogP) is 1.70. The van der Waals surface area contributed by atoms with Gasteiger partial charge in [0.1, 0.15) is 11.6 Å². The van der Waals surface area contributed by atoms with Gasteiger partial charge in [-0.1, -0.05) is 0 Å². The Kier molecular flexibility index (Phi) is 4.93. The van der Waals surface area contributed by atoms with E-state index in [2.05, 4.69) is 10.3 Å². The minimum atomic E-state index is 0.378. The van der Waals surface area contributed by atoms with Gasteiger partial charge in [0.05, 0.1) is 0 Å². The van der Waals surface area contributed by atoms with Crippen LogP contribution in [-0.4, -0.2) is 28.4 Å². The molecule has 4 heteroatoms. The lowest BCUT2D eigenvalue weighted by Crippen LogP contribution is -2.30. The molecule has 1 unspecified atom stereocenters. The smallest absolute Gasteiger partial charge is 0.133 e. The van der Waals surface area contributed by atoms with Crippen molar-refractivity contribution in [2.24, 2.45) is 13.0 Å². The maximum atomic E-state index is 11.8. The number of nitrogens with one attached hydrogen (secondary N) is 1. The van der Waals surface area contributed by atoms with Crippen molar-refractivity contribution in [3.8, 4) is 0 Å². The highest BCUT2D eigenvalue weighted by Crippen LogP contribution is 2.16. The molecule has 100 valence electrons. The van der Waals surface area contributed by atoms with E-state index in [4.69, 9.17) is 0 Å². The second-order valence-corrected chi connectivity index (χ2v) is 5.24. The molecular formula is C14H23N3O. The first kappa shape index (κ1) is 13.3. The molecule has 0 aromatic carbocycles. The van der Waals surface area contributed by atoms with Crippen LogP contribution >= 0.6 is 0 Å². The molecule has 1 aliphatic rings. The summed E-state index contributed by atoms with van der Waals surface area (Å²) in [5.74, 6) is 2.09. The van der Waals surface area contributed by atoms with E-state index in [1.165, 1.54) is 12.8 Å². The Morgan fingerprint density at radius 1 is 1.56 bits per heavy atom. The second kappa shape index (κ2) is 6.69. The Morgan fingerprint density at radius 2 is 2.44 bits per heavy atom. The van der Waals surface area contributed by atoms with Gasteiger partial charge in [-0.3, -0.25) is 4.79 Å². The van der Waals surface area contributed by atoms with E-state index in [1.54, 1.807) is 6.20 Å². The van der Waals surface area contributed by atoms with Crippen molar-refractivity contribution in [3.63, 3.8) is 0 Å². The van der Waals surface area contributed by atoms with Gasteiger partial charge >= 0.3 is 0 Å². The number of imidazole rings is 1. The fourth-order valence-electron chi connectivity index (χ4n) is 2.55. The summed E-state index contributed by atoms with van der Waals surface area (Å²) in [6.07, 6.45) is 9.42. The number of aryl methyl sites for hydroxylation is 2. The first-order valence-electron chi connectivity index (χ1n) is 6.94. The van der Waals surface area contributed by atoms with E-state index in [-0.39, 0.29) is 0 Å². The van der Waals surface area contributed by atoms with E-state index in [1.807, 2.05) is 17.8 Å². The lowest BCUT2D eigenvalue weighted by Gasteiger charge is -2.22.